The Labute approximate surface area is 114 Å². The average Bonchev–Trinajstić information content (AvgIpc) is 3.01. The van der Waals surface area contributed by atoms with Crippen LogP contribution in [0.15, 0.2) is 0 Å². The Morgan fingerprint density at radius 3 is 2.53 bits per heavy atom. The second kappa shape index (κ2) is 7.75. The normalized spacial score (nSPS) is 26.1. The molecule has 1 saturated heterocycles. The zero-order valence-corrected chi connectivity index (χ0v) is 12.5. The standard InChI is InChI=1S/C14H26BrNO/c15-9-11-16(13-5-1-2-6-13)10-3-7-14-8-4-12-17-14/h13-14H,1-12H2. The summed E-state index contributed by atoms with van der Waals surface area (Å²) in [5.41, 5.74) is 0. The number of halogens is 1. The lowest BCUT2D eigenvalue weighted by Crippen LogP contribution is -2.36. The Bertz CT molecular complexity index is 200. The Morgan fingerprint density at radius 1 is 1.06 bits per heavy atom. The van der Waals surface area contributed by atoms with E-state index in [1.807, 2.05) is 0 Å². The SMILES string of the molecule is BrCCN(CCCC1CCCO1)C1CCCC1. The third-order valence-corrected chi connectivity index (χ3v) is 4.56. The van der Waals surface area contributed by atoms with Gasteiger partial charge in [-0.25, -0.2) is 0 Å². The molecule has 1 saturated carbocycles. The maximum absolute atomic E-state index is 5.69. The summed E-state index contributed by atoms with van der Waals surface area (Å²) in [6.07, 6.45) is 11.5. The van der Waals surface area contributed by atoms with E-state index < -0.39 is 0 Å². The van der Waals surface area contributed by atoms with Gasteiger partial charge in [0.1, 0.15) is 0 Å². The molecule has 0 aromatic rings. The molecular weight excluding hydrogens is 278 g/mol. The summed E-state index contributed by atoms with van der Waals surface area (Å²) in [6.45, 7) is 3.49. The Balaban J connectivity index is 1.65. The second-order valence-electron chi connectivity index (χ2n) is 5.44. The maximum atomic E-state index is 5.69. The number of alkyl halides is 1. The third-order valence-electron chi connectivity index (χ3n) is 4.21. The highest BCUT2D eigenvalue weighted by molar-refractivity contribution is 9.09. The fourth-order valence-electron chi connectivity index (χ4n) is 3.25. The van der Waals surface area contributed by atoms with Gasteiger partial charge < -0.3 is 4.74 Å². The summed E-state index contributed by atoms with van der Waals surface area (Å²) in [5, 5.41) is 1.11. The van der Waals surface area contributed by atoms with Gasteiger partial charge in [0.05, 0.1) is 6.10 Å². The van der Waals surface area contributed by atoms with Crippen molar-refractivity contribution in [1.29, 1.82) is 0 Å². The molecule has 0 aromatic heterocycles. The van der Waals surface area contributed by atoms with Crippen LogP contribution in [0.2, 0.25) is 0 Å². The quantitative estimate of drug-likeness (QED) is 0.667. The minimum atomic E-state index is 0.574. The minimum Gasteiger partial charge on any atom is -0.378 e. The predicted molar refractivity (Wildman–Crippen MR) is 75.8 cm³/mol. The molecule has 2 rings (SSSR count). The van der Waals surface area contributed by atoms with Crippen LogP contribution >= 0.6 is 15.9 Å². The first-order valence-electron chi connectivity index (χ1n) is 7.32. The lowest BCUT2D eigenvalue weighted by atomic mass is 10.1. The van der Waals surface area contributed by atoms with Crippen molar-refractivity contribution in [3.05, 3.63) is 0 Å². The molecule has 0 radical (unpaired) electrons. The number of nitrogens with zero attached hydrogens (tertiary/aromatic N) is 1. The van der Waals surface area contributed by atoms with Gasteiger partial charge in [-0.15, -0.1) is 0 Å². The van der Waals surface area contributed by atoms with Crippen LogP contribution in [-0.2, 0) is 4.74 Å². The largest absolute Gasteiger partial charge is 0.378 e. The van der Waals surface area contributed by atoms with Crippen molar-refractivity contribution in [2.24, 2.45) is 0 Å². The van der Waals surface area contributed by atoms with E-state index in [0.29, 0.717) is 6.10 Å². The number of hydrogen-bond donors (Lipinski definition) is 0. The molecule has 1 unspecified atom stereocenters. The fourth-order valence-corrected chi connectivity index (χ4v) is 3.70. The first kappa shape index (κ1) is 13.8. The van der Waals surface area contributed by atoms with Crippen molar-refractivity contribution < 1.29 is 4.74 Å². The first-order valence-corrected chi connectivity index (χ1v) is 8.44. The molecule has 0 amide bonds. The molecule has 0 spiro atoms. The number of ether oxygens (including phenoxy) is 1. The van der Waals surface area contributed by atoms with E-state index in [0.717, 1.165) is 18.0 Å². The molecule has 1 atom stereocenters. The zero-order chi connectivity index (χ0) is 11.9. The van der Waals surface area contributed by atoms with Crippen LogP contribution in [0.25, 0.3) is 0 Å². The summed E-state index contributed by atoms with van der Waals surface area (Å²) in [6, 6.07) is 0.872. The van der Waals surface area contributed by atoms with Gasteiger partial charge in [0.2, 0.25) is 0 Å². The molecule has 1 heterocycles. The lowest BCUT2D eigenvalue weighted by Gasteiger charge is -2.28. The second-order valence-corrected chi connectivity index (χ2v) is 6.23. The molecule has 1 aliphatic heterocycles. The highest BCUT2D eigenvalue weighted by Gasteiger charge is 2.22. The molecule has 2 nitrogen and oxygen atoms in total. The molecule has 1 aliphatic carbocycles. The van der Waals surface area contributed by atoms with E-state index in [1.165, 1.54) is 64.5 Å². The van der Waals surface area contributed by atoms with Crippen LogP contribution in [0, 0.1) is 0 Å². The van der Waals surface area contributed by atoms with Crippen LogP contribution in [0.5, 0.6) is 0 Å². The van der Waals surface area contributed by atoms with Crippen molar-refractivity contribution >= 4 is 15.9 Å². The highest BCUT2D eigenvalue weighted by atomic mass is 79.9. The van der Waals surface area contributed by atoms with Crippen LogP contribution in [-0.4, -0.2) is 42.1 Å². The van der Waals surface area contributed by atoms with Crippen LogP contribution < -0.4 is 0 Å². The summed E-state index contributed by atoms with van der Waals surface area (Å²) >= 11 is 3.59. The molecule has 0 aromatic carbocycles. The number of rotatable bonds is 7. The molecule has 3 heteroatoms. The Kier molecular flexibility index (Phi) is 6.30. The van der Waals surface area contributed by atoms with Gasteiger partial charge in [-0.1, -0.05) is 28.8 Å². The van der Waals surface area contributed by atoms with Gasteiger partial charge in [-0.3, -0.25) is 4.90 Å². The summed E-state index contributed by atoms with van der Waals surface area (Å²) in [7, 11) is 0. The Hall–Kier alpha value is 0.400. The van der Waals surface area contributed by atoms with Gasteiger partial charge in [0.25, 0.3) is 0 Å². The van der Waals surface area contributed by atoms with Gasteiger partial charge >= 0.3 is 0 Å². The molecule has 0 bridgehead atoms. The number of hydrogen-bond acceptors (Lipinski definition) is 2. The zero-order valence-electron chi connectivity index (χ0n) is 10.9. The molecule has 2 aliphatic rings. The first-order chi connectivity index (χ1) is 8.40. The topological polar surface area (TPSA) is 12.5 Å². The van der Waals surface area contributed by atoms with Crippen molar-refractivity contribution in [1.82, 2.24) is 4.90 Å². The molecular formula is C14H26BrNO. The van der Waals surface area contributed by atoms with Crippen LogP contribution in [0.1, 0.15) is 51.4 Å². The highest BCUT2D eigenvalue weighted by Crippen LogP contribution is 2.24. The lowest BCUT2D eigenvalue weighted by molar-refractivity contribution is 0.0965. The average molecular weight is 304 g/mol. The van der Waals surface area contributed by atoms with Gasteiger partial charge in [0.15, 0.2) is 0 Å². The van der Waals surface area contributed by atoms with E-state index in [-0.39, 0.29) is 0 Å². The Morgan fingerprint density at radius 2 is 1.88 bits per heavy atom. The van der Waals surface area contributed by atoms with Crippen molar-refractivity contribution in [3.63, 3.8) is 0 Å². The van der Waals surface area contributed by atoms with Crippen molar-refractivity contribution in [2.75, 3.05) is 25.0 Å². The van der Waals surface area contributed by atoms with Crippen molar-refractivity contribution in [3.8, 4) is 0 Å². The van der Waals surface area contributed by atoms with E-state index >= 15 is 0 Å². The fraction of sp³-hybridized carbons (Fsp3) is 1.00. The van der Waals surface area contributed by atoms with Gasteiger partial charge in [-0.05, 0) is 45.1 Å². The summed E-state index contributed by atoms with van der Waals surface area (Å²) in [4.78, 5) is 2.71. The van der Waals surface area contributed by atoms with Crippen LogP contribution in [0.3, 0.4) is 0 Å². The summed E-state index contributed by atoms with van der Waals surface area (Å²) < 4.78 is 5.69. The van der Waals surface area contributed by atoms with Gasteiger partial charge in [0, 0.05) is 24.5 Å². The smallest absolute Gasteiger partial charge is 0.0576 e. The van der Waals surface area contributed by atoms with Crippen molar-refractivity contribution in [2.45, 2.75) is 63.5 Å². The predicted octanol–water partition coefficient (Wildman–Crippen LogP) is 3.59. The van der Waals surface area contributed by atoms with E-state index in [2.05, 4.69) is 20.8 Å². The molecule has 0 N–H and O–H groups in total. The summed E-state index contributed by atoms with van der Waals surface area (Å²) in [5.74, 6) is 0. The third kappa shape index (κ3) is 4.53. The van der Waals surface area contributed by atoms with E-state index in [9.17, 15) is 0 Å². The van der Waals surface area contributed by atoms with Crippen LogP contribution in [0.4, 0.5) is 0 Å². The molecule has 17 heavy (non-hydrogen) atoms. The van der Waals surface area contributed by atoms with E-state index in [1.54, 1.807) is 0 Å². The monoisotopic (exact) mass is 303 g/mol. The maximum Gasteiger partial charge on any atom is 0.0576 e. The molecule has 2 fully saturated rings. The van der Waals surface area contributed by atoms with E-state index in [4.69, 9.17) is 4.74 Å². The van der Waals surface area contributed by atoms with Gasteiger partial charge in [-0.2, -0.15) is 0 Å². The molecule has 100 valence electrons. The minimum absolute atomic E-state index is 0.574.